The third-order valence-electron chi connectivity index (χ3n) is 4.49. The highest BCUT2D eigenvalue weighted by Crippen LogP contribution is 2.35. The molecule has 0 radical (unpaired) electrons. The molecule has 1 fully saturated rings. The van der Waals surface area contributed by atoms with Crippen LogP contribution in [0.5, 0.6) is 0 Å². The zero-order valence-electron chi connectivity index (χ0n) is 15.1. The van der Waals surface area contributed by atoms with E-state index in [4.69, 9.17) is 4.74 Å². The smallest absolute Gasteiger partial charge is 0.0589 e. The van der Waals surface area contributed by atoms with Gasteiger partial charge in [0.1, 0.15) is 0 Å². The van der Waals surface area contributed by atoms with Crippen LogP contribution in [-0.4, -0.2) is 49.8 Å². The van der Waals surface area contributed by atoms with Crippen LogP contribution in [0.25, 0.3) is 0 Å². The van der Waals surface area contributed by atoms with Gasteiger partial charge in [0.25, 0.3) is 0 Å². The van der Waals surface area contributed by atoms with E-state index in [1.54, 1.807) is 0 Å². The summed E-state index contributed by atoms with van der Waals surface area (Å²) in [6, 6.07) is 0.753. The number of methoxy groups -OCH3 is 1. The van der Waals surface area contributed by atoms with E-state index in [1.807, 2.05) is 7.11 Å². The maximum Gasteiger partial charge on any atom is 0.0589 e. The Bertz CT molecular complexity index is 258. The van der Waals surface area contributed by atoms with Crippen LogP contribution in [0.4, 0.5) is 0 Å². The maximum atomic E-state index is 5.26. The van der Waals surface area contributed by atoms with Gasteiger partial charge in [0.2, 0.25) is 0 Å². The quantitative estimate of drug-likeness (QED) is 0.556. The number of hydrogen-bond acceptors (Lipinski definition) is 3. The largest absolute Gasteiger partial charge is 0.383 e. The van der Waals surface area contributed by atoms with Crippen LogP contribution in [0.1, 0.15) is 66.2 Å². The molecule has 1 unspecified atom stereocenters. The zero-order chi connectivity index (χ0) is 15.7. The zero-order valence-corrected chi connectivity index (χ0v) is 15.1. The van der Waals surface area contributed by atoms with Gasteiger partial charge in [-0.3, -0.25) is 4.90 Å². The molecule has 0 heterocycles. The van der Waals surface area contributed by atoms with Crippen LogP contribution >= 0.6 is 0 Å². The predicted octanol–water partition coefficient (Wildman–Crippen LogP) is 3.68. The van der Waals surface area contributed by atoms with E-state index in [0.29, 0.717) is 0 Å². The van der Waals surface area contributed by atoms with Crippen LogP contribution in [0.15, 0.2) is 0 Å². The monoisotopic (exact) mass is 298 g/mol. The molecule has 3 heteroatoms. The van der Waals surface area contributed by atoms with Crippen LogP contribution in [-0.2, 0) is 4.74 Å². The summed E-state index contributed by atoms with van der Waals surface area (Å²) in [6.07, 6.45) is 8.20. The normalized spacial score (nSPS) is 17.4. The highest BCUT2D eigenvalue weighted by atomic mass is 16.5. The van der Waals surface area contributed by atoms with Gasteiger partial charge in [0.15, 0.2) is 0 Å². The van der Waals surface area contributed by atoms with Crippen molar-refractivity contribution in [1.82, 2.24) is 10.2 Å². The fourth-order valence-electron chi connectivity index (χ4n) is 2.86. The average Bonchev–Trinajstić information content (AvgIpc) is 3.23. The molecule has 0 amide bonds. The minimum absolute atomic E-state index is 0.261. The molecule has 1 N–H and O–H groups in total. The van der Waals surface area contributed by atoms with Crippen LogP contribution in [0.2, 0.25) is 0 Å². The lowest BCUT2D eigenvalue weighted by atomic mass is 10.1. The van der Waals surface area contributed by atoms with Crippen molar-refractivity contribution in [2.24, 2.45) is 5.92 Å². The molecular weight excluding hydrogens is 260 g/mol. The topological polar surface area (TPSA) is 24.5 Å². The number of nitrogens with zero attached hydrogens (tertiary/aromatic N) is 1. The molecule has 1 aliphatic rings. The molecule has 1 rings (SSSR count). The van der Waals surface area contributed by atoms with Crippen LogP contribution in [0, 0.1) is 5.92 Å². The van der Waals surface area contributed by atoms with Gasteiger partial charge in [-0.25, -0.2) is 0 Å². The van der Waals surface area contributed by atoms with Crippen LogP contribution in [0.3, 0.4) is 0 Å². The summed E-state index contributed by atoms with van der Waals surface area (Å²) < 4.78 is 5.26. The van der Waals surface area contributed by atoms with Crippen molar-refractivity contribution in [3.05, 3.63) is 0 Å². The summed E-state index contributed by atoms with van der Waals surface area (Å²) in [6.45, 7) is 13.5. The first kappa shape index (κ1) is 18.9. The summed E-state index contributed by atoms with van der Waals surface area (Å²) in [7, 11) is 1.81. The van der Waals surface area contributed by atoms with Gasteiger partial charge in [-0.1, -0.05) is 12.8 Å². The Kier molecular flexibility index (Phi) is 8.84. The maximum absolute atomic E-state index is 5.26. The van der Waals surface area contributed by atoms with Crippen molar-refractivity contribution in [1.29, 1.82) is 0 Å². The summed E-state index contributed by atoms with van der Waals surface area (Å²) >= 11 is 0. The Balaban J connectivity index is 2.06. The van der Waals surface area contributed by atoms with Gasteiger partial charge in [-0.15, -0.1) is 0 Å². The molecule has 1 atom stereocenters. The second-order valence-electron chi connectivity index (χ2n) is 7.70. The Labute approximate surface area is 132 Å². The van der Waals surface area contributed by atoms with Gasteiger partial charge >= 0.3 is 0 Å². The third kappa shape index (κ3) is 9.49. The van der Waals surface area contributed by atoms with E-state index < -0.39 is 0 Å². The molecule has 21 heavy (non-hydrogen) atoms. The van der Waals surface area contributed by atoms with Gasteiger partial charge in [0, 0.05) is 25.2 Å². The third-order valence-corrected chi connectivity index (χ3v) is 4.49. The lowest BCUT2D eigenvalue weighted by Crippen LogP contribution is -2.38. The molecule has 0 aromatic heterocycles. The second kappa shape index (κ2) is 9.81. The minimum atomic E-state index is 0.261. The number of rotatable bonds is 12. The highest BCUT2D eigenvalue weighted by molar-refractivity contribution is 4.85. The molecule has 0 aromatic rings. The molecule has 126 valence electrons. The van der Waals surface area contributed by atoms with Gasteiger partial charge in [-0.2, -0.15) is 0 Å². The molecule has 1 aliphatic carbocycles. The fourth-order valence-corrected chi connectivity index (χ4v) is 2.86. The van der Waals surface area contributed by atoms with Gasteiger partial charge < -0.3 is 10.1 Å². The molecule has 3 nitrogen and oxygen atoms in total. The number of unbranched alkanes of at least 4 members (excludes halogenated alkanes) is 3. The van der Waals surface area contributed by atoms with Crippen molar-refractivity contribution in [3.63, 3.8) is 0 Å². The summed E-state index contributed by atoms with van der Waals surface area (Å²) in [4.78, 5) is 2.65. The molecular formula is C18H38N2O. The first-order valence-corrected chi connectivity index (χ1v) is 8.92. The molecule has 1 saturated carbocycles. The first-order valence-electron chi connectivity index (χ1n) is 8.92. The summed E-state index contributed by atoms with van der Waals surface area (Å²) in [5.41, 5.74) is 0.261. The SMILES string of the molecule is COCCN(CCCCCCNC(C)(C)C)C(C)C1CC1. The predicted molar refractivity (Wildman–Crippen MR) is 91.9 cm³/mol. The molecule has 0 aromatic carbocycles. The van der Waals surface area contributed by atoms with E-state index >= 15 is 0 Å². The van der Waals surface area contributed by atoms with Gasteiger partial charge in [0.05, 0.1) is 6.61 Å². The lowest BCUT2D eigenvalue weighted by molar-refractivity contribution is 0.115. The number of hydrogen-bond donors (Lipinski definition) is 1. The minimum Gasteiger partial charge on any atom is -0.383 e. The highest BCUT2D eigenvalue weighted by Gasteiger charge is 2.31. The molecule has 0 saturated heterocycles. The average molecular weight is 299 g/mol. The van der Waals surface area contributed by atoms with E-state index in [2.05, 4.69) is 37.9 Å². The Hall–Kier alpha value is -0.120. The van der Waals surface area contributed by atoms with E-state index in [9.17, 15) is 0 Å². The number of nitrogens with one attached hydrogen (secondary N) is 1. The summed E-state index contributed by atoms with van der Waals surface area (Å²) in [5.74, 6) is 0.956. The van der Waals surface area contributed by atoms with Crippen molar-refractivity contribution < 1.29 is 4.74 Å². The van der Waals surface area contributed by atoms with Crippen molar-refractivity contribution >= 4 is 0 Å². The van der Waals surface area contributed by atoms with E-state index in [1.165, 1.54) is 45.1 Å². The van der Waals surface area contributed by atoms with Crippen molar-refractivity contribution in [3.8, 4) is 0 Å². The second-order valence-corrected chi connectivity index (χ2v) is 7.70. The Morgan fingerprint density at radius 2 is 1.76 bits per heavy atom. The fraction of sp³-hybridized carbons (Fsp3) is 1.00. The van der Waals surface area contributed by atoms with Gasteiger partial charge in [-0.05, 0) is 72.4 Å². The first-order chi connectivity index (χ1) is 9.94. The molecule has 0 bridgehead atoms. The number of ether oxygens (including phenoxy) is 1. The van der Waals surface area contributed by atoms with Crippen molar-refractivity contribution in [2.75, 3.05) is 33.4 Å². The Morgan fingerprint density at radius 3 is 2.33 bits per heavy atom. The lowest BCUT2D eigenvalue weighted by Gasteiger charge is -2.29. The van der Waals surface area contributed by atoms with E-state index in [-0.39, 0.29) is 5.54 Å². The molecule has 0 aliphatic heterocycles. The molecule has 0 spiro atoms. The Morgan fingerprint density at radius 1 is 1.10 bits per heavy atom. The van der Waals surface area contributed by atoms with E-state index in [0.717, 1.165) is 31.7 Å². The summed E-state index contributed by atoms with van der Waals surface area (Å²) in [5, 5.41) is 3.56. The van der Waals surface area contributed by atoms with Crippen LogP contribution < -0.4 is 5.32 Å². The standard InChI is InChI=1S/C18H38N2O/c1-16(17-10-11-17)20(14-15-21-5)13-9-7-6-8-12-19-18(2,3)4/h16-17,19H,6-15H2,1-5H3. The van der Waals surface area contributed by atoms with Crippen molar-refractivity contribution in [2.45, 2.75) is 77.8 Å².